The molecule has 2 aromatic rings. The second-order valence-corrected chi connectivity index (χ2v) is 6.28. The van der Waals surface area contributed by atoms with Gasteiger partial charge in [-0.05, 0) is 44.0 Å². The SMILES string of the molecule is CCOc1ccc(CC(CNC(=O)c2ccc(C)c([N+](=O)[O-])c2)C(=O)O)cc1. The first-order valence-electron chi connectivity index (χ1n) is 8.79. The number of carbonyl (C=O) groups excluding carboxylic acids is 1. The van der Waals surface area contributed by atoms with E-state index in [1.165, 1.54) is 18.2 Å². The Morgan fingerprint density at radius 3 is 2.46 bits per heavy atom. The van der Waals surface area contributed by atoms with Crippen molar-refractivity contribution in [1.82, 2.24) is 5.32 Å². The molecule has 28 heavy (non-hydrogen) atoms. The van der Waals surface area contributed by atoms with Crippen molar-refractivity contribution >= 4 is 17.6 Å². The number of aryl methyl sites for hydroxylation is 1. The third-order valence-electron chi connectivity index (χ3n) is 4.24. The predicted octanol–water partition coefficient (Wildman–Crippen LogP) is 2.98. The van der Waals surface area contributed by atoms with Crippen LogP contribution in [0.1, 0.15) is 28.4 Å². The number of benzene rings is 2. The zero-order valence-electron chi connectivity index (χ0n) is 15.7. The number of amides is 1. The van der Waals surface area contributed by atoms with Crippen LogP contribution in [0.15, 0.2) is 42.5 Å². The first kappa shape index (κ1) is 20.9. The normalized spacial score (nSPS) is 11.5. The van der Waals surface area contributed by atoms with Gasteiger partial charge in [-0.25, -0.2) is 0 Å². The van der Waals surface area contributed by atoms with Gasteiger partial charge in [0, 0.05) is 23.7 Å². The number of hydrogen-bond acceptors (Lipinski definition) is 5. The summed E-state index contributed by atoms with van der Waals surface area (Å²) in [5.41, 5.74) is 1.20. The van der Waals surface area contributed by atoms with Crippen molar-refractivity contribution in [1.29, 1.82) is 0 Å². The Bertz CT molecular complexity index is 863. The molecule has 0 bridgehead atoms. The Morgan fingerprint density at radius 1 is 1.21 bits per heavy atom. The average Bonchev–Trinajstić information content (AvgIpc) is 2.66. The van der Waals surface area contributed by atoms with E-state index in [0.717, 1.165) is 5.56 Å². The third kappa shape index (κ3) is 5.54. The van der Waals surface area contributed by atoms with E-state index in [2.05, 4.69) is 5.32 Å². The largest absolute Gasteiger partial charge is 0.494 e. The molecule has 0 spiro atoms. The highest BCUT2D eigenvalue weighted by Gasteiger charge is 2.21. The lowest BCUT2D eigenvalue weighted by atomic mass is 9.99. The Balaban J connectivity index is 2.03. The van der Waals surface area contributed by atoms with Crippen LogP contribution < -0.4 is 10.1 Å². The van der Waals surface area contributed by atoms with Crippen LogP contribution in [0.2, 0.25) is 0 Å². The third-order valence-corrected chi connectivity index (χ3v) is 4.24. The van der Waals surface area contributed by atoms with E-state index in [0.29, 0.717) is 17.9 Å². The van der Waals surface area contributed by atoms with Gasteiger partial charge in [-0.3, -0.25) is 19.7 Å². The minimum atomic E-state index is -1.04. The first-order valence-corrected chi connectivity index (χ1v) is 8.79. The molecule has 0 aliphatic heterocycles. The highest BCUT2D eigenvalue weighted by molar-refractivity contribution is 5.95. The Morgan fingerprint density at radius 2 is 1.89 bits per heavy atom. The molecular formula is C20H22N2O6. The van der Waals surface area contributed by atoms with Gasteiger partial charge in [0.2, 0.25) is 0 Å². The molecule has 2 N–H and O–H groups in total. The summed E-state index contributed by atoms with van der Waals surface area (Å²) in [4.78, 5) is 34.3. The maximum Gasteiger partial charge on any atom is 0.308 e. The van der Waals surface area contributed by atoms with Crippen molar-refractivity contribution < 1.29 is 24.4 Å². The van der Waals surface area contributed by atoms with E-state index in [1.807, 2.05) is 6.92 Å². The van der Waals surface area contributed by atoms with Gasteiger partial charge in [-0.15, -0.1) is 0 Å². The summed E-state index contributed by atoms with van der Waals surface area (Å²) in [6, 6.07) is 11.2. The Kier molecular flexibility index (Phi) is 7.08. The molecule has 8 nitrogen and oxygen atoms in total. The minimum absolute atomic E-state index is 0.0942. The fourth-order valence-corrected chi connectivity index (χ4v) is 2.69. The fraction of sp³-hybridized carbons (Fsp3) is 0.300. The van der Waals surface area contributed by atoms with Gasteiger partial charge in [-0.2, -0.15) is 0 Å². The lowest BCUT2D eigenvalue weighted by Gasteiger charge is -2.14. The van der Waals surface area contributed by atoms with E-state index < -0.39 is 22.7 Å². The molecule has 8 heteroatoms. The number of nitrogens with zero attached hydrogens (tertiary/aromatic N) is 1. The topological polar surface area (TPSA) is 119 Å². The number of nitrogens with one attached hydrogen (secondary N) is 1. The van der Waals surface area contributed by atoms with Crippen LogP contribution in [0, 0.1) is 23.0 Å². The fourth-order valence-electron chi connectivity index (χ4n) is 2.69. The van der Waals surface area contributed by atoms with Gasteiger partial charge >= 0.3 is 5.97 Å². The molecule has 0 heterocycles. The lowest BCUT2D eigenvalue weighted by molar-refractivity contribution is -0.385. The summed E-state index contributed by atoms with van der Waals surface area (Å²) < 4.78 is 5.35. The monoisotopic (exact) mass is 386 g/mol. The van der Waals surface area contributed by atoms with Crippen molar-refractivity contribution in [2.24, 2.45) is 5.92 Å². The molecule has 0 aliphatic rings. The molecule has 0 saturated heterocycles. The maximum absolute atomic E-state index is 12.3. The number of nitro benzene ring substituents is 1. The molecular weight excluding hydrogens is 364 g/mol. The smallest absolute Gasteiger partial charge is 0.308 e. The molecule has 2 rings (SSSR count). The summed E-state index contributed by atoms with van der Waals surface area (Å²) in [7, 11) is 0. The summed E-state index contributed by atoms with van der Waals surface area (Å²) in [6.45, 7) is 3.90. The maximum atomic E-state index is 12.3. The number of nitro groups is 1. The number of carboxylic acids is 1. The number of carbonyl (C=O) groups is 2. The highest BCUT2D eigenvalue weighted by Crippen LogP contribution is 2.19. The number of carboxylic acid groups (broad SMARTS) is 1. The second kappa shape index (κ2) is 9.50. The number of ether oxygens (including phenoxy) is 1. The molecule has 1 atom stereocenters. The zero-order chi connectivity index (χ0) is 20.7. The van der Waals surface area contributed by atoms with E-state index in [-0.39, 0.29) is 24.2 Å². The van der Waals surface area contributed by atoms with Crippen molar-refractivity contribution in [2.45, 2.75) is 20.3 Å². The lowest BCUT2D eigenvalue weighted by Crippen LogP contribution is -2.34. The van der Waals surface area contributed by atoms with Crippen molar-refractivity contribution in [3.05, 3.63) is 69.3 Å². The minimum Gasteiger partial charge on any atom is -0.494 e. The molecule has 0 fully saturated rings. The number of hydrogen-bond donors (Lipinski definition) is 2. The summed E-state index contributed by atoms with van der Waals surface area (Å²) in [6.07, 6.45) is 0.232. The van der Waals surface area contributed by atoms with E-state index >= 15 is 0 Å². The van der Waals surface area contributed by atoms with Gasteiger partial charge in [0.05, 0.1) is 17.4 Å². The first-order chi connectivity index (χ1) is 13.3. The van der Waals surface area contributed by atoms with Crippen LogP contribution in [0.4, 0.5) is 5.69 Å². The van der Waals surface area contributed by atoms with Crippen LogP contribution in [-0.2, 0) is 11.2 Å². The second-order valence-electron chi connectivity index (χ2n) is 6.28. The molecule has 1 amide bonds. The average molecular weight is 386 g/mol. The van der Waals surface area contributed by atoms with Gasteiger partial charge in [0.25, 0.3) is 11.6 Å². The van der Waals surface area contributed by atoms with Gasteiger partial charge in [-0.1, -0.05) is 18.2 Å². The van der Waals surface area contributed by atoms with E-state index in [4.69, 9.17) is 4.74 Å². The molecule has 1 unspecified atom stereocenters. The molecule has 0 saturated carbocycles. The number of rotatable bonds is 9. The quantitative estimate of drug-likeness (QED) is 0.505. The van der Waals surface area contributed by atoms with E-state index in [1.54, 1.807) is 31.2 Å². The van der Waals surface area contributed by atoms with Crippen molar-refractivity contribution in [3.8, 4) is 5.75 Å². The van der Waals surface area contributed by atoms with Crippen LogP contribution >= 0.6 is 0 Å². The van der Waals surface area contributed by atoms with Crippen molar-refractivity contribution in [2.75, 3.05) is 13.2 Å². The van der Waals surface area contributed by atoms with Crippen LogP contribution in [-0.4, -0.2) is 35.1 Å². The van der Waals surface area contributed by atoms with Gasteiger partial charge in [0.1, 0.15) is 5.75 Å². The molecule has 0 aromatic heterocycles. The van der Waals surface area contributed by atoms with Gasteiger partial charge in [0.15, 0.2) is 0 Å². The number of aliphatic carboxylic acids is 1. The Hall–Kier alpha value is -3.42. The van der Waals surface area contributed by atoms with Crippen LogP contribution in [0.3, 0.4) is 0 Å². The Labute approximate surface area is 162 Å². The summed E-state index contributed by atoms with van der Waals surface area (Å²) >= 11 is 0. The van der Waals surface area contributed by atoms with E-state index in [9.17, 15) is 24.8 Å². The van der Waals surface area contributed by atoms with Gasteiger partial charge < -0.3 is 15.2 Å². The van der Waals surface area contributed by atoms with Crippen LogP contribution in [0.25, 0.3) is 0 Å². The standard InChI is InChI=1S/C20H22N2O6/c1-3-28-17-8-5-14(6-9-17)10-16(20(24)25)12-21-19(23)15-7-4-13(2)18(11-15)22(26)27/h4-9,11,16H,3,10,12H2,1-2H3,(H,21,23)(H,24,25). The van der Waals surface area contributed by atoms with Crippen molar-refractivity contribution in [3.63, 3.8) is 0 Å². The zero-order valence-corrected chi connectivity index (χ0v) is 15.7. The molecule has 0 radical (unpaired) electrons. The highest BCUT2D eigenvalue weighted by atomic mass is 16.6. The predicted molar refractivity (Wildman–Crippen MR) is 103 cm³/mol. The van der Waals surface area contributed by atoms with Crippen LogP contribution in [0.5, 0.6) is 5.75 Å². The molecule has 0 aliphatic carbocycles. The summed E-state index contributed by atoms with van der Waals surface area (Å²) in [5, 5.41) is 23.0. The summed E-state index contributed by atoms with van der Waals surface area (Å²) in [5.74, 6) is -1.72. The molecule has 148 valence electrons. The molecule has 2 aromatic carbocycles.